The molecule has 1 amide bonds. The van der Waals surface area contributed by atoms with Gasteiger partial charge in [0.25, 0.3) is 5.91 Å². The smallest absolute Gasteiger partial charge is 0.251 e. The van der Waals surface area contributed by atoms with Crippen LogP contribution < -0.4 is 5.32 Å². The molecule has 1 unspecified atom stereocenters. The highest BCUT2D eigenvalue weighted by Crippen LogP contribution is 2.12. The Morgan fingerprint density at radius 2 is 2.11 bits per heavy atom. The van der Waals surface area contributed by atoms with E-state index in [1.165, 1.54) is 19.3 Å². The predicted octanol–water partition coefficient (Wildman–Crippen LogP) is 2.58. The van der Waals surface area contributed by atoms with E-state index in [1.807, 2.05) is 18.2 Å². The summed E-state index contributed by atoms with van der Waals surface area (Å²) in [5, 5.41) is 3.01. The van der Waals surface area contributed by atoms with Crippen molar-refractivity contribution in [2.24, 2.45) is 0 Å². The summed E-state index contributed by atoms with van der Waals surface area (Å²) in [5.41, 5.74) is 0.679. The normalized spacial score (nSPS) is 18.0. The number of likely N-dealkylation sites (tertiary alicyclic amines) is 1. The Labute approximate surface area is 120 Å². The number of thiol groups is 1. The Morgan fingerprint density at radius 1 is 1.37 bits per heavy atom. The fourth-order valence-corrected chi connectivity index (χ4v) is 2.70. The summed E-state index contributed by atoms with van der Waals surface area (Å²) in [4.78, 5) is 15.3. The molecule has 0 radical (unpaired) electrons. The number of benzene rings is 1. The van der Waals surface area contributed by atoms with E-state index in [0.717, 1.165) is 18.0 Å². The molecule has 1 fully saturated rings. The maximum atomic E-state index is 12.0. The Kier molecular flexibility index (Phi) is 5.28. The van der Waals surface area contributed by atoms with Gasteiger partial charge < -0.3 is 5.32 Å². The molecular formula is C15H22N2OS. The van der Waals surface area contributed by atoms with E-state index in [0.29, 0.717) is 18.2 Å². The lowest BCUT2D eigenvalue weighted by atomic mass is 10.1. The van der Waals surface area contributed by atoms with E-state index in [4.69, 9.17) is 0 Å². The summed E-state index contributed by atoms with van der Waals surface area (Å²) in [6.45, 7) is 5.20. The van der Waals surface area contributed by atoms with Gasteiger partial charge in [-0.3, -0.25) is 9.69 Å². The van der Waals surface area contributed by atoms with Crippen molar-refractivity contribution >= 4 is 18.5 Å². The number of rotatable bonds is 4. The molecule has 1 aliphatic rings. The highest BCUT2D eigenvalue weighted by molar-refractivity contribution is 7.80. The molecule has 0 spiro atoms. The third-order valence-electron chi connectivity index (χ3n) is 3.68. The van der Waals surface area contributed by atoms with E-state index in [-0.39, 0.29) is 5.91 Å². The van der Waals surface area contributed by atoms with Crippen molar-refractivity contribution in [3.8, 4) is 0 Å². The van der Waals surface area contributed by atoms with Gasteiger partial charge in [-0.05, 0) is 51.1 Å². The van der Waals surface area contributed by atoms with Gasteiger partial charge in [-0.2, -0.15) is 0 Å². The summed E-state index contributed by atoms with van der Waals surface area (Å²) < 4.78 is 0. The van der Waals surface area contributed by atoms with Crippen LogP contribution >= 0.6 is 12.6 Å². The summed E-state index contributed by atoms with van der Waals surface area (Å²) in [7, 11) is 0. The first-order chi connectivity index (χ1) is 9.16. The van der Waals surface area contributed by atoms with Crippen LogP contribution in [-0.2, 0) is 0 Å². The molecule has 104 valence electrons. The molecule has 4 heteroatoms. The van der Waals surface area contributed by atoms with E-state index < -0.39 is 0 Å². The molecule has 0 aromatic heterocycles. The highest BCUT2D eigenvalue weighted by Gasteiger charge is 2.17. The lowest BCUT2D eigenvalue weighted by Gasteiger charge is -2.32. The van der Waals surface area contributed by atoms with Gasteiger partial charge in [0.2, 0.25) is 0 Å². The molecule has 19 heavy (non-hydrogen) atoms. The zero-order valence-electron chi connectivity index (χ0n) is 11.4. The van der Waals surface area contributed by atoms with Gasteiger partial charge in [0.1, 0.15) is 0 Å². The maximum absolute atomic E-state index is 12.0. The van der Waals surface area contributed by atoms with Crippen molar-refractivity contribution in [3.63, 3.8) is 0 Å². The second-order valence-electron chi connectivity index (χ2n) is 5.21. The number of carbonyl (C=O) groups is 1. The van der Waals surface area contributed by atoms with Crippen molar-refractivity contribution in [1.82, 2.24) is 10.2 Å². The fourth-order valence-electron chi connectivity index (χ4n) is 2.48. The molecule has 0 bridgehead atoms. The number of piperidine rings is 1. The van der Waals surface area contributed by atoms with Crippen molar-refractivity contribution < 1.29 is 4.79 Å². The molecule has 3 nitrogen and oxygen atoms in total. The summed E-state index contributed by atoms with van der Waals surface area (Å²) in [6.07, 6.45) is 3.89. The van der Waals surface area contributed by atoms with Crippen molar-refractivity contribution in [2.75, 3.05) is 19.6 Å². The predicted molar refractivity (Wildman–Crippen MR) is 80.9 cm³/mol. The van der Waals surface area contributed by atoms with Gasteiger partial charge >= 0.3 is 0 Å². The first-order valence-corrected chi connectivity index (χ1v) is 7.43. The van der Waals surface area contributed by atoms with Crippen LogP contribution in [0.15, 0.2) is 29.2 Å². The third kappa shape index (κ3) is 4.25. The van der Waals surface area contributed by atoms with Crippen LogP contribution in [0.4, 0.5) is 0 Å². The molecule has 1 aliphatic heterocycles. The van der Waals surface area contributed by atoms with E-state index in [9.17, 15) is 4.79 Å². The zero-order valence-corrected chi connectivity index (χ0v) is 12.3. The van der Waals surface area contributed by atoms with Crippen LogP contribution in [0, 0.1) is 0 Å². The lowest BCUT2D eigenvalue weighted by molar-refractivity contribution is 0.0930. The third-order valence-corrected chi connectivity index (χ3v) is 3.96. The SMILES string of the molecule is CC(CNC(=O)c1cccc(S)c1)N1CCCCC1. The molecule has 1 N–H and O–H groups in total. The minimum Gasteiger partial charge on any atom is -0.350 e. The molecule has 1 saturated heterocycles. The Morgan fingerprint density at radius 3 is 2.79 bits per heavy atom. The number of nitrogens with one attached hydrogen (secondary N) is 1. The largest absolute Gasteiger partial charge is 0.350 e. The fraction of sp³-hybridized carbons (Fsp3) is 0.533. The molecule has 1 heterocycles. The molecule has 0 aliphatic carbocycles. The van der Waals surface area contributed by atoms with Crippen LogP contribution in [0.2, 0.25) is 0 Å². The number of carbonyl (C=O) groups excluding carboxylic acids is 1. The van der Waals surface area contributed by atoms with Crippen LogP contribution in [0.3, 0.4) is 0 Å². The Bertz CT molecular complexity index is 430. The summed E-state index contributed by atoms with van der Waals surface area (Å²) in [5.74, 6) is -0.0141. The average molecular weight is 278 g/mol. The van der Waals surface area contributed by atoms with Crippen LogP contribution in [-0.4, -0.2) is 36.5 Å². The average Bonchev–Trinajstić information content (AvgIpc) is 2.45. The standard InChI is InChI=1S/C15H22N2OS/c1-12(17-8-3-2-4-9-17)11-16-15(18)13-6-5-7-14(19)10-13/h5-7,10,12,19H,2-4,8-9,11H2,1H3,(H,16,18). The lowest BCUT2D eigenvalue weighted by Crippen LogP contribution is -2.44. The van der Waals surface area contributed by atoms with E-state index in [1.54, 1.807) is 6.07 Å². The second-order valence-corrected chi connectivity index (χ2v) is 5.72. The zero-order chi connectivity index (χ0) is 13.7. The molecular weight excluding hydrogens is 256 g/mol. The Balaban J connectivity index is 1.82. The van der Waals surface area contributed by atoms with Crippen molar-refractivity contribution in [2.45, 2.75) is 37.1 Å². The number of hydrogen-bond acceptors (Lipinski definition) is 3. The minimum absolute atomic E-state index is 0.0141. The Hall–Kier alpha value is -1.00. The van der Waals surface area contributed by atoms with E-state index in [2.05, 4.69) is 29.8 Å². The van der Waals surface area contributed by atoms with Crippen LogP contribution in [0.25, 0.3) is 0 Å². The van der Waals surface area contributed by atoms with Gasteiger partial charge in [0, 0.05) is 23.0 Å². The molecule has 1 atom stereocenters. The van der Waals surface area contributed by atoms with Crippen LogP contribution in [0.5, 0.6) is 0 Å². The van der Waals surface area contributed by atoms with Crippen LogP contribution in [0.1, 0.15) is 36.5 Å². The molecule has 1 aromatic carbocycles. The van der Waals surface area contributed by atoms with Gasteiger partial charge in [0.05, 0.1) is 0 Å². The maximum Gasteiger partial charge on any atom is 0.251 e. The highest BCUT2D eigenvalue weighted by atomic mass is 32.1. The first-order valence-electron chi connectivity index (χ1n) is 6.98. The molecule has 2 rings (SSSR count). The first kappa shape index (κ1) is 14.4. The van der Waals surface area contributed by atoms with Gasteiger partial charge in [-0.1, -0.05) is 12.5 Å². The topological polar surface area (TPSA) is 32.3 Å². The van der Waals surface area contributed by atoms with Gasteiger partial charge in [0.15, 0.2) is 0 Å². The summed E-state index contributed by atoms with van der Waals surface area (Å²) >= 11 is 4.25. The molecule has 0 saturated carbocycles. The second kappa shape index (κ2) is 6.96. The van der Waals surface area contributed by atoms with Crippen molar-refractivity contribution in [3.05, 3.63) is 29.8 Å². The number of amides is 1. The van der Waals surface area contributed by atoms with E-state index >= 15 is 0 Å². The molecule has 1 aromatic rings. The van der Waals surface area contributed by atoms with Gasteiger partial charge in [-0.25, -0.2) is 0 Å². The number of hydrogen-bond donors (Lipinski definition) is 2. The monoisotopic (exact) mass is 278 g/mol. The number of nitrogens with zero attached hydrogens (tertiary/aromatic N) is 1. The van der Waals surface area contributed by atoms with Gasteiger partial charge in [-0.15, -0.1) is 12.6 Å². The quantitative estimate of drug-likeness (QED) is 0.830. The summed E-state index contributed by atoms with van der Waals surface area (Å²) in [6, 6.07) is 7.75. The minimum atomic E-state index is -0.0141. The van der Waals surface area contributed by atoms with Crippen molar-refractivity contribution in [1.29, 1.82) is 0 Å².